The van der Waals surface area contributed by atoms with Gasteiger partial charge in [0.1, 0.15) is 0 Å². The van der Waals surface area contributed by atoms with E-state index in [9.17, 15) is 13.2 Å². The number of likely N-dealkylation sites (N-methyl/N-ethyl adjacent to an activating group) is 1. The average molecular weight is 348 g/mol. The van der Waals surface area contributed by atoms with Crippen molar-refractivity contribution >= 4 is 6.08 Å². The van der Waals surface area contributed by atoms with Crippen LogP contribution in [0, 0.1) is 0 Å². The van der Waals surface area contributed by atoms with Crippen molar-refractivity contribution < 1.29 is 13.2 Å². The Bertz CT molecular complexity index is 662. The van der Waals surface area contributed by atoms with Crippen molar-refractivity contribution in [3.8, 4) is 0 Å². The lowest BCUT2D eigenvalue weighted by Crippen LogP contribution is -2.31. The van der Waals surface area contributed by atoms with E-state index in [1.54, 1.807) is 12.1 Å². The van der Waals surface area contributed by atoms with Crippen LogP contribution in [0.2, 0.25) is 0 Å². The predicted molar refractivity (Wildman–Crippen MR) is 96.2 cm³/mol. The van der Waals surface area contributed by atoms with Crippen molar-refractivity contribution in [1.82, 2.24) is 10.2 Å². The zero-order valence-electron chi connectivity index (χ0n) is 14.4. The van der Waals surface area contributed by atoms with Gasteiger partial charge in [0.05, 0.1) is 5.56 Å². The van der Waals surface area contributed by atoms with Gasteiger partial charge in [0.15, 0.2) is 0 Å². The summed E-state index contributed by atoms with van der Waals surface area (Å²) in [5, 5.41) is 3.33. The van der Waals surface area contributed by atoms with E-state index >= 15 is 0 Å². The van der Waals surface area contributed by atoms with Crippen LogP contribution in [0.3, 0.4) is 0 Å². The van der Waals surface area contributed by atoms with E-state index in [1.165, 1.54) is 0 Å². The quantitative estimate of drug-likeness (QED) is 0.735. The first-order chi connectivity index (χ1) is 11.9. The molecule has 1 N–H and O–H groups in total. The van der Waals surface area contributed by atoms with Crippen molar-refractivity contribution in [1.29, 1.82) is 0 Å². The Morgan fingerprint density at radius 1 is 1.00 bits per heavy atom. The van der Waals surface area contributed by atoms with E-state index in [4.69, 9.17) is 0 Å². The fourth-order valence-corrected chi connectivity index (χ4v) is 2.56. The van der Waals surface area contributed by atoms with Gasteiger partial charge in [0.25, 0.3) is 0 Å². The summed E-state index contributed by atoms with van der Waals surface area (Å²) in [5.41, 5.74) is 1.38. The van der Waals surface area contributed by atoms with Crippen molar-refractivity contribution in [3.05, 3.63) is 77.4 Å². The highest BCUT2D eigenvalue weighted by Gasteiger charge is 2.30. The van der Waals surface area contributed by atoms with Gasteiger partial charge in [-0.05, 0) is 37.4 Å². The van der Waals surface area contributed by atoms with Crippen LogP contribution >= 0.6 is 0 Å². The van der Waals surface area contributed by atoms with Crippen LogP contribution in [0.15, 0.2) is 60.7 Å². The van der Waals surface area contributed by atoms with Crippen LogP contribution in [0.25, 0.3) is 6.08 Å². The van der Waals surface area contributed by atoms with Crippen molar-refractivity contribution in [3.63, 3.8) is 0 Å². The highest BCUT2D eigenvalue weighted by atomic mass is 19.4. The summed E-state index contributed by atoms with van der Waals surface area (Å²) in [7, 11) is 3.84. The van der Waals surface area contributed by atoms with Crippen LogP contribution in [-0.2, 0) is 6.18 Å². The molecule has 134 valence electrons. The summed E-state index contributed by atoms with van der Waals surface area (Å²) < 4.78 is 38.0. The van der Waals surface area contributed by atoms with E-state index in [0.717, 1.165) is 23.3 Å². The minimum Gasteiger partial charge on any atom is -0.311 e. The van der Waals surface area contributed by atoms with Crippen LogP contribution in [0.4, 0.5) is 13.2 Å². The Hall–Kier alpha value is -2.11. The highest BCUT2D eigenvalue weighted by Crippen LogP contribution is 2.30. The van der Waals surface area contributed by atoms with Crippen LogP contribution in [-0.4, -0.2) is 32.1 Å². The van der Waals surface area contributed by atoms with Crippen LogP contribution < -0.4 is 5.32 Å². The molecular weight excluding hydrogens is 325 g/mol. The van der Waals surface area contributed by atoms with E-state index in [2.05, 4.69) is 5.32 Å². The molecule has 0 aliphatic rings. The molecule has 1 atom stereocenters. The third-order valence-corrected chi connectivity index (χ3v) is 3.96. The Morgan fingerprint density at radius 2 is 1.64 bits per heavy atom. The Kier molecular flexibility index (Phi) is 6.79. The number of nitrogens with one attached hydrogen (secondary N) is 1. The topological polar surface area (TPSA) is 15.3 Å². The predicted octanol–water partition coefficient (Wildman–Crippen LogP) is 4.61. The van der Waals surface area contributed by atoms with Gasteiger partial charge < -0.3 is 10.2 Å². The van der Waals surface area contributed by atoms with Gasteiger partial charge in [-0.15, -0.1) is 0 Å². The van der Waals surface area contributed by atoms with E-state index in [1.807, 2.05) is 61.5 Å². The monoisotopic (exact) mass is 348 g/mol. The van der Waals surface area contributed by atoms with E-state index in [-0.39, 0.29) is 6.04 Å². The molecule has 2 aromatic carbocycles. The third kappa shape index (κ3) is 6.03. The lowest BCUT2D eigenvalue weighted by Gasteiger charge is -2.25. The van der Waals surface area contributed by atoms with Crippen LogP contribution in [0.1, 0.15) is 22.7 Å². The first-order valence-corrected chi connectivity index (χ1v) is 8.14. The second-order valence-corrected chi connectivity index (χ2v) is 6.07. The second kappa shape index (κ2) is 8.83. The summed E-state index contributed by atoms with van der Waals surface area (Å²) in [6.07, 6.45) is -0.225. The number of nitrogens with zero attached hydrogens (tertiary/aromatic N) is 1. The number of rotatable bonds is 7. The number of hydrogen-bond donors (Lipinski definition) is 1. The molecule has 0 radical (unpaired) electrons. The minimum absolute atomic E-state index is 0.00686. The Morgan fingerprint density at radius 3 is 2.20 bits per heavy atom. The lowest BCUT2D eigenvalue weighted by molar-refractivity contribution is -0.137. The molecule has 0 spiro atoms. The molecule has 0 heterocycles. The zero-order valence-corrected chi connectivity index (χ0v) is 14.4. The van der Waals surface area contributed by atoms with Crippen molar-refractivity contribution in [2.45, 2.75) is 12.2 Å². The molecule has 0 amide bonds. The molecule has 1 unspecified atom stereocenters. The largest absolute Gasteiger partial charge is 0.416 e. The molecule has 2 aromatic rings. The maximum Gasteiger partial charge on any atom is 0.416 e. The highest BCUT2D eigenvalue weighted by molar-refractivity contribution is 5.48. The molecule has 0 saturated heterocycles. The van der Waals surface area contributed by atoms with Crippen molar-refractivity contribution in [2.75, 3.05) is 27.2 Å². The summed E-state index contributed by atoms with van der Waals surface area (Å²) in [4.78, 5) is 2.00. The van der Waals surface area contributed by atoms with Gasteiger partial charge >= 0.3 is 6.18 Å². The lowest BCUT2D eigenvalue weighted by atomic mass is 10.0. The molecule has 25 heavy (non-hydrogen) atoms. The second-order valence-electron chi connectivity index (χ2n) is 6.07. The average Bonchev–Trinajstić information content (AvgIpc) is 2.58. The van der Waals surface area contributed by atoms with Crippen LogP contribution in [0.5, 0.6) is 0 Å². The van der Waals surface area contributed by atoms with Gasteiger partial charge in [0.2, 0.25) is 0 Å². The van der Waals surface area contributed by atoms with Crippen molar-refractivity contribution in [2.24, 2.45) is 0 Å². The SMILES string of the molecule is CN(C)C(CNC/C=C/c1ccccc1)c1ccc(C(F)(F)F)cc1. The number of hydrogen-bond acceptors (Lipinski definition) is 2. The minimum atomic E-state index is -4.30. The molecule has 0 aliphatic carbocycles. The standard InChI is InChI=1S/C20H23F3N2/c1-25(2)19(17-10-12-18(13-11-17)20(21,22)23)15-24-14-6-9-16-7-4-3-5-8-16/h3-13,19,24H,14-15H2,1-2H3/b9-6+. The first kappa shape index (κ1) is 19.2. The van der Waals surface area contributed by atoms with E-state index < -0.39 is 11.7 Å². The third-order valence-electron chi connectivity index (χ3n) is 3.96. The maximum atomic E-state index is 12.7. The van der Waals surface area contributed by atoms with Gasteiger partial charge in [0, 0.05) is 19.1 Å². The Balaban J connectivity index is 1.91. The smallest absolute Gasteiger partial charge is 0.311 e. The summed E-state index contributed by atoms with van der Waals surface area (Å²) in [6, 6.07) is 15.4. The molecule has 0 saturated carbocycles. The zero-order chi connectivity index (χ0) is 18.3. The molecule has 0 fully saturated rings. The molecular formula is C20H23F3N2. The van der Waals surface area contributed by atoms with Gasteiger partial charge in [-0.25, -0.2) is 0 Å². The fraction of sp³-hybridized carbons (Fsp3) is 0.300. The number of halogens is 3. The van der Waals surface area contributed by atoms with Gasteiger partial charge in [-0.3, -0.25) is 0 Å². The molecule has 0 aromatic heterocycles. The Labute approximate surface area is 147 Å². The fourth-order valence-electron chi connectivity index (χ4n) is 2.56. The van der Waals surface area contributed by atoms with Gasteiger partial charge in [-0.2, -0.15) is 13.2 Å². The molecule has 0 aliphatic heterocycles. The molecule has 2 nitrogen and oxygen atoms in total. The maximum absolute atomic E-state index is 12.7. The molecule has 5 heteroatoms. The molecule has 0 bridgehead atoms. The number of benzene rings is 2. The summed E-state index contributed by atoms with van der Waals surface area (Å²) in [5.74, 6) is 0. The van der Waals surface area contributed by atoms with E-state index in [0.29, 0.717) is 13.1 Å². The summed E-state index contributed by atoms with van der Waals surface area (Å²) in [6.45, 7) is 1.34. The van der Waals surface area contributed by atoms with Gasteiger partial charge in [-0.1, -0.05) is 54.6 Å². The summed E-state index contributed by atoms with van der Waals surface area (Å²) >= 11 is 0. The molecule has 2 rings (SSSR count). The number of alkyl halides is 3. The first-order valence-electron chi connectivity index (χ1n) is 8.14. The normalized spacial score (nSPS) is 13.5.